The summed E-state index contributed by atoms with van der Waals surface area (Å²) in [5.74, 6) is -1.67. The number of hydrogen-bond donors (Lipinski definition) is 4. The van der Waals surface area contributed by atoms with E-state index >= 15 is 0 Å². The maximum Gasteiger partial charge on any atom is 0.300 e. The SMILES string of the molecule is CC(=O)O.CC(=O)O.CCCCCCCCCCCCN(CCO)CCO. The first-order valence-electron chi connectivity index (χ1n) is 10.1. The molecule has 0 aromatic rings. The summed E-state index contributed by atoms with van der Waals surface area (Å²) in [6.07, 6.45) is 13.5. The minimum Gasteiger partial charge on any atom is -0.481 e. The van der Waals surface area contributed by atoms with E-state index in [1.807, 2.05) is 0 Å². The largest absolute Gasteiger partial charge is 0.481 e. The summed E-state index contributed by atoms with van der Waals surface area (Å²) in [6, 6.07) is 0. The van der Waals surface area contributed by atoms with E-state index in [4.69, 9.17) is 30.0 Å². The molecule has 0 aliphatic heterocycles. The maximum absolute atomic E-state index is 9.00. The molecule has 0 bridgehead atoms. The van der Waals surface area contributed by atoms with Crippen LogP contribution < -0.4 is 0 Å². The van der Waals surface area contributed by atoms with Gasteiger partial charge in [0.05, 0.1) is 13.2 Å². The van der Waals surface area contributed by atoms with Gasteiger partial charge in [0, 0.05) is 26.9 Å². The molecular weight excluding hydrogens is 350 g/mol. The highest BCUT2D eigenvalue weighted by Gasteiger charge is 2.02. The number of hydrogen-bond acceptors (Lipinski definition) is 5. The molecule has 164 valence electrons. The Hall–Kier alpha value is -1.18. The first-order chi connectivity index (χ1) is 12.8. The van der Waals surface area contributed by atoms with E-state index < -0.39 is 11.9 Å². The van der Waals surface area contributed by atoms with E-state index in [0.29, 0.717) is 13.1 Å². The molecule has 27 heavy (non-hydrogen) atoms. The van der Waals surface area contributed by atoms with Crippen LogP contribution in [-0.2, 0) is 9.59 Å². The van der Waals surface area contributed by atoms with Gasteiger partial charge in [0.2, 0.25) is 0 Å². The van der Waals surface area contributed by atoms with Crippen molar-refractivity contribution in [2.45, 2.75) is 85.0 Å². The third-order valence-electron chi connectivity index (χ3n) is 3.66. The molecule has 0 aliphatic rings. The summed E-state index contributed by atoms with van der Waals surface area (Å²) in [5, 5.41) is 32.6. The average Bonchev–Trinajstić information content (AvgIpc) is 2.56. The third-order valence-corrected chi connectivity index (χ3v) is 3.66. The van der Waals surface area contributed by atoms with Gasteiger partial charge >= 0.3 is 0 Å². The maximum atomic E-state index is 9.00. The van der Waals surface area contributed by atoms with Gasteiger partial charge in [0.1, 0.15) is 0 Å². The lowest BCUT2D eigenvalue weighted by Crippen LogP contribution is -2.30. The van der Waals surface area contributed by atoms with Crippen LogP contribution >= 0.6 is 0 Å². The Morgan fingerprint density at radius 3 is 1.22 bits per heavy atom. The monoisotopic (exact) mass is 393 g/mol. The van der Waals surface area contributed by atoms with Crippen molar-refractivity contribution in [2.24, 2.45) is 0 Å². The number of aliphatic carboxylic acids is 2. The fourth-order valence-electron chi connectivity index (χ4n) is 2.44. The summed E-state index contributed by atoms with van der Waals surface area (Å²) >= 11 is 0. The van der Waals surface area contributed by atoms with Gasteiger partial charge in [-0.15, -0.1) is 0 Å². The Morgan fingerprint density at radius 1 is 0.630 bits per heavy atom. The van der Waals surface area contributed by atoms with Crippen LogP contribution in [-0.4, -0.2) is 70.1 Å². The molecule has 0 amide bonds. The van der Waals surface area contributed by atoms with E-state index in [-0.39, 0.29) is 13.2 Å². The molecule has 0 spiro atoms. The Kier molecular flexibility index (Phi) is 30.6. The Balaban J connectivity index is -0.000000603. The van der Waals surface area contributed by atoms with E-state index in [2.05, 4.69) is 11.8 Å². The van der Waals surface area contributed by atoms with Crippen molar-refractivity contribution in [1.29, 1.82) is 0 Å². The Labute approximate surface area is 165 Å². The minimum absolute atomic E-state index is 0.192. The third kappa shape index (κ3) is 45.7. The molecule has 0 unspecified atom stereocenters. The molecule has 0 aromatic carbocycles. The normalized spacial score (nSPS) is 9.85. The zero-order valence-corrected chi connectivity index (χ0v) is 17.7. The lowest BCUT2D eigenvalue weighted by Gasteiger charge is -2.19. The van der Waals surface area contributed by atoms with Gasteiger partial charge in [-0.1, -0.05) is 64.7 Å². The molecule has 7 heteroatoms. The molecule has 0 heterocycles. The molecule has 0 aromatic heterocycles. The summed E-state index contributed by atoms with van der Waals surface area (Å²) in [5.41, 5.74) is 0. The molecule has 7 nitrogen and oxygen atoms in total. The second-order valence-corrected chi connectivity index (χ2v) is 6.51. The van der Waals surface area contributed by atoms with Gasteiger partial charge in [0.25, 0.3) is 11.9 Å². The van der Waals surface area contributed by atoms with Crippen molar-refractivity contribution in [1.82, 2.24) is 4.90 Å². The van der Waals surface area contributed by atoms with Crippen molar-refractivity contribution in [3.8, 4) is 0 Å². The van der Waals surface area contributed by atoms with Gasteiger partial charge in [-0.2, -0.15) is 0 Å². The molecular formula is C20H43NO6. The van der Waals surface area contributed by atoms with E-state index in [1.54, 1.807) is 0 Å². The van der Waals surface area contributed by atoms with Gasteiger partial charge in [0.15, 0.2) is 0 Å². The first kappa shape index (κ1) is 30.5. The lowest BCUT2D eigenvalue weighted by atomic mass is 10.1. The van der Waals surface area contributed by atoms with Crippen LogP contribution in [0.5, 0.6) is 0 Å². The zero-order valence-electron chi connectivity index (χ0n) is 17.7. The van der Waals surface area contributed by atoms with Gasteiger partial charge < -0.3 is 20.4 Å². The summed E-state index contributed by atoms with van der Waals surface area (Å²) in [4.78, 5) is 20.1. The number of rotatable bonds is 15. The van der Waals surface area contributed by atoms with Crippen LogP contribution in [0.4, 0.5) is 0 Å². The van der Waals surface area contributed by atoms with Gasteiger partial charge in [-0.3, -0.25) is 14.5 Å². The Bertz CT molecular complexity index is 287. The average molecular weight is 394 g/mol. The lowest BCUT2D eigenvalue weighted by molar-refractivity contribution is -0.135. The second-order valence-electron chi connectivity index (χ2n) is 6.51. The van der Waals surface area contributed by atoms with Crippen LogP contribution in [0.3, 0.4) is 0 Å². The number of aliphatic hydroxyl groups is 2. The number of carbonyl (C=O) groups is 2. The smallest absolute Gasteiger partial charge is 0.300 e. The molecule has 0 atom stereocenters. The van der Waals surface area contributed by atoms with Crippen molar-refractivity contribution in [3.05, 3.63) is 0 Å². The summed E-state index contributed by atoms with van der Waals surface area (Å²) < 4.78 is 0. The standard InChI is InChI=1S/C16H35NO2.2C2H4O2/c1-2-3-4-5-6-7-8-9-10-11-12-17(13-15-18)14-16-19;2*1-2(3)4/h18-19H,2-16H2,1H3;2*1H3,(H,3,4). The topological polar surface area (TPSA) is 118 Å². The van der Waals surface area contributed by atoms with Gasteiger partial charge in [-0.25, -0.2) is 0 Å². The van der Waals surface area contributed by atoms with Crippen molar-refractivity contribution < 1.29 is 30.0 Å². The fraction of sp³-hybridized carbons (Fsp3) is 0.900. The van der Waals surface area contributed by atoms with Crippen molar-refractivity contribution in [2.75, 3.05) is 32.8 Å². The quantitative estimate of drug-likeness (QED) is 0.315. The van der Waals surface area contributed by atoms with E-state index in [0.717, 1.165) is 20.4 Å². The van der Waals surface area contributed by atoms with Crippen LogP contribution in [0.15, 0.2) is 0 Å². The highest BCUT2D eigenvalue weighted by Crippen LogP contribution is 2.10. The van der Waals surface area contributed by atoms with Crippen molar-refractivity contribution in [3.63, 3.8) is 0 Å². The summed E-state index contributed by atoms with van der Waals surface area (Å²) in [7, 11) is 0. The predicted octanol–water partition coefficient (Wildman–Crippen LogP) is 3.38. The van der Waals surface area contributed by atoms with Crippen LogP contribution in [0.25, 0.3) is 0 Å². The molecule has 0 saturated heterocycles. The second kappa shape index (κ2) is 27.0. The number of unbranched alkanes of at least 4 members (excludes halogenated alkanes) is 9. The molecule has 0 rings (SSSR count). The minimum atomic E-state index is -0.833. The van der Waals surface area contributed by atoms with Crippen LogP contribution in [0.1, 0.15) is 85.0 Å². The van der Waals surface area contributed by atoms with Crippen LogP contribution in [0.2, 0.25) is 0 Å². The van der Waals surface area contributed by atoms with Crippen LogP contribution in [0, 0.1) is 0 Å². The van der Waals surface area contributed by atoms with E-state index in [1.165, 1.54) is 64.2 Å². The predicted molar refractivity (Wildman–Crippen MR) is 109 cm³/mol. The summed E-state index contributed by atoms with van der Waals surface area (Å²) in [6.45, 7) is 7.21. The molecule has 0 saturated carbocycles. The van der Waals surface area contributed by atoms with E-state index in [9.17, 15) is 0 Å². The molecule has 0 fully saturated rings. The number of nitrogens with zero attached hydrogens (tertiary/aromatic N) is 1. The number of carboxylic acids is 2. The fourth-order valence-corrected chi connectivity index (χ4v) is 2.44. The molecule has 4 N–H and O–H groups in total. The zero-order chi connectivity index (χ0) is 21.3. The Morgan fingerprint density at radius 2 is 0.926 bits per heavy atom. The van der Waals surface area contributed by atoms with Gasteiger partial charge in [-0.05, 0) is 13.0 Å². The number of aliphatic hydroxyl groups excluding tert-OH is 2. The molecule has 0 radical (unpaired) electrons. The number of carboxylic acid groups (broad SMARTS) is 2. The first-order valence-corrected chi connectivity index (χ1v) is 10.1. The van der Waals surface area contributed by atoms with Crippen molar-refractivity contribution >= 4 is 11.9 Å². The highest BCUT2D eigenvalue weighted by molar-refractivity contribution is 5.63. The molecule has 0 aliphatic carbocycles. The highest BCUT2D eigenvalue weighted by atomic mass is 16.4.